The SMILES string of the molecule is CCC1(CNC(=O)NC2CCOC2)CCC1. The Morgan fingerprint density at radius 1 is 1.50 bits per heavy atom. The van der Waals surface area contributed by atoms with Crippen LogP contribution in [-0.4, -0.2) is 31.8 Å². The largest absolute Gasteiger partial charge is 0.379 e. The molecule has 2 rings (SSSR count). The topological polar surface area (TPSA) is 50.4 Å². The summed E-state index contributed by atoms with van der Waals surface area (Å²) in [7, 11) is 0. The minimum atomic E-state index is -0.0322. The van der Waals surface area contributed by atoms with Crippen molar-refractivity contribution in [3.8, 4) is 0 Å². The van der Waals surface area contributed by atoms with E-state index < -0.39 is 0 Å². The third kappa shape index (κ3) is 2.67. The molecular formula is C12H22N2O2. The quantitative estimate of drug-likeness (QED) is 0.766. The molecule has 16 heavy (non-hydrogen) atoms. The molecule has 2 aliphatic rings. The second-order valence-corrected chi connectivity index (χ2v) is 5.09. The Labute approximate surface area is 97.1 Å². The molecule has 1 unspecified atom stereocenters. The van der Waals surface area contributed by atoms with E-state index >= 15 is 0 Å². The van der Waals surface area contributed by atoms with Crippen molar-refractivity contribution in [2.75, 3.05) is 19.8 Å². The van der Waals surface area contributed by atoms with Crippen LogP contribution in [0.2, 0.25) is 0 Å². The zero-order valence-corrected chi connectivity index (χ0v) is 10.1. The van der Waals surface area contributed by atoms with Crippen LogP contribution in [-0.2, 0) is 4.74 Å². The maximum atomic E-state index is 11.6. The van der Waals surface area contributed by atoms with E-state index in [-0.39, 0.29) is 12.1 Å². The summed E-state index contributed by atoms with van der Waals surface area (Å²) in [5.74, 6) is 0. The van der Waals surface area contributed by atoms with Gasteiger partial charge in [0.05, 0.1) is 12.6 Å². The highest BCUT2D eigenvalue weighted by molar-refractivity contribution is 5.74. The van der Waals surface area contributed by atoms with Gasteiger partial charge < -0.3 is 15.4 Å². The number of hydrogen-bond acceptors (Lipinski definition) is 2. The maximum Gasteiger partial charge on any atom is 0.315 e. The second-order valence-electron chi connectivity index (χ2n) is 5.09. The van der Waals surface area contributed by atoms with Gasteiger partial charge in [0.1, 0.15) is 0 Å². The van der Waals surface area contributed by atoms with E-state index in [0.717, 1.165) is 19.6 Å². The summed E-state index contributed by atoms with van der Waals surface area (Å²) >= 11 is 0. The van der Waals surface area contributed by atoms with Crippen molar-refractivity contribution in [2.45, 2.75) is 45.1 Å². The summed E-state index contributed by atoms with van der Waals surface area (Å²) in [6, 6.07) is 0.175. The number of carbonyl (C=O) groups is 1. The van der Waals surface area contributed by atoms with Crippen LogP contribution in [0, 0.1) is 5.41 Å². The number of ether oxygens (including phenoxy) is 1. The Hall–Kier alpha value is -0.770. The number of urea groups is 1. The molecule has 0 spiro atoms. The fourth-order valence-electron chi connectivity index (χ4n) is 2.48. The zero-order valence-electron chi connectivity index (χ0n) is 10.1. The number of nitrogens with one attached hydrogen (secondary N) is 2. The fraction of sp³-hybridized carbons (Fsp3) is 0.917. The molecule has 4 nitrogen and oxygen atoms in total. The van der Waals surface area contributed by atoms with Crippen molar-refractivity contribution in [3.63, 3.8) is 0 Å². The summed E-state index contributed by atoms with van der Waals surface area (Å²) < 4.78 is 5.21. The summed E-state index contributed by atoms with van der Waals surface area (Å²) in [5.41, 5.74) is 0.392. The maximum absolute atomic E-state index is 11.6. The lowest BCUT2D eigenvalue weighted by atomic mass is 9.67. The Kier molecular flexibility index (Phi) is 3.69. The standard InChI is InChI=1S/C12H22N2O2/c1-2-12(5-3-6-12)9-13-11(15)14-10-4-7-16-8-10/h10H,2-9H2,1H3,(H2,13,14,15). The van der Waals surface area contributed by atoms with Crippen LogP contribution in [0.4, 0.5) is 4.79 Å². The van der Waals surface area contributed by atoms with E-state index in [0.29, 0.717) is 12.0 Å². The monoisotopic (exact) mass is 226 g/mol. The van der Waals surface area contributed by atoms with Gasteiger partial charge in [-0.3, -0.25) is 0 Å². The molecule has 0 bridgehead atoms. The molecule has 1 saturated heterocycles. The van der Waals surface area contributed by atoms with E-state index in [1.165, 1.54) is 25.7 Å². The van der Waals surface area contributed by atoms with E-state index in [2.05, 4.69) is 17.6 Å². The number of amides is 2. The molecule has 4 heteroatoms. The molecule has 1 atom stereocenters. The number of rotatable bonds is 4. The molecule has 2 fully saturated rings. The molecule has 0 aromatic heterocycles. The molecule has 1 heterocycles. The van der Waals surface area contributed by atoms with Crippen LogP contribution in [0.3, 0.4) is 0 Å². The van der Waals surface area contributed by atoms with E-state index in [4.69, 9.17) is 4.74 Å². The fourth-order valence-corrected chi connectivity index (χ4v) is 2.48. The lowest BCUT2D eigenvalue weighted by Crippen LogP contribution is -2.48. The smallest absolute Gasteiger partial charge is 0.315 e. The number of carbonyl (C=O) groups excluding carboxylic acids is 1. The van der Waals surface area contributed by atoms with Crippen LogP contribution in [0.5, 0.6) is 0 Å². The summed E-state index contributed by atoms with van der Waals surface area (Å²) in [6.45, 7) is 4.46. The molecule has 0 radical (unpaired) electrons. The number of hydrogen-bond donors (Lipinski definition) is 2. The molecular weight excluding hydrogens is 204 g/mol. The van der Waals surface area contributed by atoms with E-state index in [1.807, 2.05) is 0 Å². The normalized spacial score (nSPS) is 27.2. The first-order chi connectivity index (χ1) is 7.74. The zero-order chi connectivity index (χ0) is 11.4. The summed E-state index contributed by atoms with van der Waals surface area (Å²) in [4.78, 5) is 11.6. The van der Waals surface area contributed by atoms with Crippen molar-refractivity contribution in [2.24, 2.45) is 5.41 Å². The molecule has 92 valence electrons. The second kappa shape index (κ2) is 5.04. The van der Waals surface area contributed by atoms with Crippen molar-refractivity contribution in [1.82, 2.24) is 10.6 Å². The highest BCUT2D eigenvalue weighted by Crippen LogP contribution is 2.42. The lowest BCUT2D eigenvalue weighted by Gasteiger charge is -2.41. The van der Waals surface area contributed by atoms with Gasteiger partial charge in [-0.15, -0.1) is 0 Å². The van der Waals surface area contributed by atoms with Gasteiger partial charge in [-0.2, -0.15) is 0 Å². The van der Waals surface area contributed by atoms with Crippen LogP contribution in [0.15, 0.2) is 0 Å². The highest BCUT2D eigenvalue weighted by Gasteiger charge is 2.35. The van der Waals surface area contributed by atoms with E-state index in [1.54, 1.807) is 0 Å². The van der Waals surface area contributed by atoms with Crippen LogP contribution < -0.4 is 10.6 Å². The Morgan fingerprint density at radius 3 is 2.81 bits per heavy atom. The molecule has 2 N–H and O–H groups in total. The molecule has 2 amide bonds. The third-order valence-corrected chi connectivity index (χ3v) is 4.05. The van der Waals surface area contributed by atoms with Crippen LogP contribution in [0.25, 0.3) is 0 Å². The summed E-state index contributed by atoms with van der Waals surface area (Å²) in [5, 5.41) is 5.95. The van der Waals surface area contributed by atoms with Gasteiger partial charge in [0.25, 0.3) is 0 Å². The Morgan fingerprint density at radius 2 is 2.31 bits per heavy atom. The van der Waals surface area contributed by atoms with Crippen molar-refractivity contribution in [1.29, 1.82) is 0 Å². The van der Waals surface area contributed by atoms with Gasteiger partial charge in [-0.25, -0.2) is 4.79 Å². The molecule has 0 aromatic carbocycles. The average molecular weight is 226 g/mol. The van der Waals surface area contributed by atoms with Crippen molar-refractivity contribution in [3.05, 3.63) is 0 Å². The van der Waals surface area contributed by atoms with Crippen molar-refractivity contribution >= 4 is 6.03 Å². The predicted octanol–water partition coefficient (Wildman–Crippen LogP) is 1.65. The van der Waals surface area contributed by atoms with Gasteiger partial charge in [-0.05, 0) is 31.1 Å². The Balaban J connectivity index is 1.66. The minimum absolute atomic E-state index is 0.0322. The Bertz CT molecular complexity index is 240. The average Bonchev–Trinajstić information content (AvgIpc) is 2.69. The minimum Gasteiger partial charge on any atom is -0.379 e. The van der Waals surface area contributed by atoms with Gasteiger partial charge in [0.15, 0.2) is 0 Å². The van der Waals surface area contributed by atoms with Crippen LogP contribution >= 0.6 is 0 Å². The van der Waals surface area contributed by atoms with Gasteiger partial charge >= 0.3 is 6.03 Å². The first kappa shape index (κ1) is 11.7. The lowest BCUT2D eigenvalue weighted by molar-refractivity contribution is 0.125. The summed E-state index contributed by atoms with van der Waals surface area (Å²) in [6.07, 6.45) is 5.94. The van der Waals surface area contributed by atoms with Gasteiger partial charge in [0.2, 0.25) is 0 Å². The molecule has 0 aromatic rings. The first-order valence-electron chi connectivity index (χ1n) is 6.36. The van der Waals surface area contributed by atoms with Gasteiger partial charge in [-0.1, -0.05) is 13.3 Å². The first-order valence-corrected chi connectivity index (χ1v) is 6.36. The highest BCUT2D eigenvalue weighted by atomic mass is 16.5. The predicted molar refractivity (Wildman–Crippen MR) is 62.3 cm³/mol. The molecule has 1 saturated carbocycles. The van der Waals surface area contributed by atoms with E-state index in [9.17, 15) is 4.79 Å². The third-order valence-electron chi connectivity index (χ3n) is 4.05. The van der Waals surface area contributed by atoms with Gasteiger partial charge in [0, 0.05) is 13.2 Å². The van der Waals surface area contributed by atoms with Crippen molar-refractivity contribution < 1.29 is 9.53 Å². The van der Waals surface area contributed by atoms with Crippen LogP contribution in [0.1, 0.15) is 39.0 Å². The molecule has 1 aliphatic heterocycles. The molecule has 1 aliphatic carbocycles.